The van der Waals surface area contributed by atoms with Crippen LogP contribution in [0.3, 0.4) is 0 Å². The van der Waals surface area contributed by atoms with E-state index in [0.29, 0.717) is 5.92 Å². The lowest BCUT2D eigenvalue weighted by Crippen LogP contribution is -2.12. The molecule has 296 valence electrons. The first-order valence-corrected chi connectivity index (χ1v) is 21.5. The summed E-state index contributed by atoms with van der Waals surface area (Å²) in [6.45, 7) is 4.53. The topological polar surface area (TPSA) is 65.0 Å². The molecule has 62 heavy (non-hydrogen) atoms. The Morgan fingerprint density at radius 3 is 2.00 bits per heavy atom. The lowest BCUT2D eigenvalue weighted by molar-refractivity contribution is 0.512. The molecule has 10 aromatic rings. The molecule has 6 aromatic carbocycles. The Hall–Kier alpha value is -7.63. The zero-order valence-corrected chi connectivity index (χ0v) is 34.4. The maximum Gasteiger partial charge on any atom is 0.162 e. The van der Waals surface area contributed by atoms with E-state index in [1.54, 1.807) is 0 Å². The number of rotatable bonds is 6. The number of nitrogens with zero attached hydrogens (tertiary/aromatic N) is 3. The number of hydrogen-bond donors (Lipinski definition) is 0. The Morgan fingerprint density at radius 2 is 1.23 bits per heavy atom. The molecule has 0 N–H and O–H groups in total. The summed E-state index contributed by atoms with van der Waals surface area (Å²) in [5.41, 5.74) is 15.3. The van der Waals surface area contributed by atoms with Crippen molar-refractivity contribution in [3.63, 3.8) is 0 Å². The second-order valence-electron chi connectivity index (χ2n) is 16.8. The zero-order valence-electron chi connectivity index (χ0n) is 34.4. The van der Waals surface area contributed by atoms with Crippen molar-refractivity contribution >= 4 is 55.0 Å². The molecule has 0 bridgehead atoms. The van der Waals surface area contributed by atoms with Gasteiger partial charge in [-0.25, -0.2) is 15.0 Å². The molecular formula is C57H41N3O2. The van der Waals surface area contributed by atoms with E-state index in [9.17, 15) is 0 Å². The van der Waals surface area contributed by atoms with Crippen LogP contribution < -0.4 is 0 Å². The molecular weight excluding hydrogens is 759 g/mol. The van der Waals surface area contributed by atoms with Crippen LogP contribution in [-0.2, 0) is 6.42 Å². The van der Waals surface area contributed by atoms with Crippen LogP contribution in [0.5, 0.6) is 0 Å². The molecule has 12 rings (SSSR count). The fraction of sp³-hybridized carbons (Fsp3) is 0.105. The summed E-state index contributed by atoms with van der Waals surface area (Å²) >= 11 is 0. The van der Waals surface area contributed by atoms with Gasteiger partial charge in [0.15, 0.2) is 11.4 Å². The van der Waals surface area contributed by atoms with E-state index in [0.717, 1.165) is 101 Å². The predicted octanol–water partition coefficient (Wildman–Crippen LogP) is 14.7. The van der Waals surface area contributed by atoms with Gasteiger partial charge in [0.2, 0.25) is 0 Å². The third-order valence-electron chi connectivity index (χ3n) is 12.7. The molecule has 5 heteroatoms. The molecule has 0 spiro atoms. The fourth-order valence-electron chi connectivity index (χ4n) is 9.66. The third kappa shape index (κ3) is 6.11. The van der Waals surface area contributed by atoms with Crippen LogP contribution in [0.2, 0.25) is 0 Å². The van der Waals surface area contributed by atoms with Crippen molar-refractivity contribution in [1.29, 1.82) is 0 Å². The number of pyridine rings is 1. The average molecular weight is 800 g/mol. The molecule has 0 radical (unpaired) electrons. The monoisotopic (exact) mass is 799 g/mol. The Kier molecular flexibility index (Phi) is 8.49. The smallest absolute Gasteiger partial charge is 0.162 e. The molecule has 0 saturated heterocycles. The highest BCUT2D eigenvalue weighted by Crippen LogP contribution is 2.44. The Bertz CT molecular complexity index is 3410. The molecule has 0 saturated carbocycles. The van der Waals surface area contributed by atoms with E-state index in [1.165, 1.54) is 22.1 Å². The number of fused-ring (bicyclic) bond motifs is 8. The molecule has 0 aliphatic heterocycles. The van der Waals surface area contributed by atoms with E-state index in [4.69, 9.17) is 23.8 Å². The molecule has 4 aromatic heterocycles. The van der Waals surface area contributed by atoms with Gasteiger partial charge in [-0.3, -0.25) is 0 Å². The van der Waals surface area contributed by atoms with Crippen molar-refractivity contribution in [3.05, 3.63) is 210 Å². The highest BCUT2D eigenvalue weighted by atomic mass is 16.3. The molecule has 3 atom stereocenters. The predicted molar refractivity (Wildman–Crippen MR) is 253 cm³/mol. The van der Waals surface area contributed by atoms with Gasteiger partial charge in [0.05, 0.1) is 16.9 Å². The number of aromatic nitrogens is 3. The number of benzene rings is 6. The van der Waals surface area contributed by atoms with Gasteiger partial charge in [-0.2, -0.15) is 0 Å². The minimum absolute atomic E-state index is 0.0473. The molecule has 3 unspecified atom stereocenters. The summed E-state index contributed by atoms with van der Waals surface area (Å²) in [5.74, 6) is 2.38. The minimum Gasteiger partial charge on any atom is -0.460 e. The van der Waals surface area contributed by atoms with Gasteiger partial charge in [0.25, 0.3) is 0 Å². The second kappa shape index (κ2) is 14.5. The van der Waals surface area contributed by atoms with Gasteiger partial charge in [-0.15, -0.1) is 0 Å². The molecule has 4 heterocycles. The van der Waals surface area contributed by atoms with Crippen LogP contribution >= 0.6 is 0 Å². The molecule has 0 fully saturated rings. The summed E-state index contributed by atoms with van der Waals surface area (Å²) in [4.78, 5) is 15.6. The van der Waals surface area contributed by atoms with E-state index >= 15 is 0 Å². The van der Waals surface area contributed by atoms with E-state index in [1.807, 2.05) is 36.4 Å². The molecule has 0 amide bonds. The van der Waals surface area contributed by atoms with Crippen LogP contribution in [0.1, 0.15) is 48.0 Å². The first-order chi connectivity index (χ1) is 30.5. The number of furan rings is 2. The third-order valence-corrected chi connectivity index (χ3v) is 12.7. The van der Waals surface area contributed by atoms with Crippen molar-refractivity contribution < 1.29 is 8.83 Å². The van der Waals surface area contributed by atoms with Crippen molar-refractivity contribution in [2.45, 2.75) is 26.2 Å². The highest BCUT2D eigenvalue weighted by molar-refractivity contribution is 6.20. The largest absolute Gasteiger partial charge is 0.460 e. The van der Waals surface area contributed by atoms with Crippen LogP contribution in [0, 0.1) is 11.8 Å². The van der Waals surface area contributed by atoms with Crippen molar-refractivity contribution in [1.82, 2.24) is 15.0 Å². The van der Waals surface area contributed by atoms with E-state index in [-0.39, 0.29) is 11.8 Å². The molecule has 2 aliphatic carbocycles. The quantitative estimate of drug-likeness (QED) is 0.168. The Labute approximate surface area is 359 Å². The average Bonchev–Trinajstić information content (AvgIpc) is 3.90. The van der Waals surface area contributed by atoms with Crippen LogP contribution in [0.4, 0.5) is 0 Å². The van der Waals surface area contributed by atoms with E-state index in [2.05, 4.69) is 159 Å². The number of para-hydroxylation sites is 2. The van der Waals surface area contributed by atoms with Crippen molar-refractivity contribution in [2.75, 3.05) is 0 Å². The van der Waals surface area contributed by atoms with Gasteiger partial charge in [0.1, 0.15) is 22.6 Å². The lowest BCUT2D eigenvalue weighted by Gasteiger charge is -2.24. The molecule has 5 nitrogen and oxygen atoms in total. The van der Waals surface area contributed by atoms with Gasteiger partial charge >= 0.3 is 0 Å². The summed E-state index contributed by atoms with van der Waals surface area (Å²) in [6.07, 6.45) is 10.1. The SMILES string of the molecule is CC1C=C(c2ccc(-c3ccc4nc(C5=CC(C)C(c6cc(-c7ccccc7)nc(-c7ccccc7)n6)C=C5)c5oc6ccccc6c5c4c3)cc2)c2c(oc3ccccc23)C1. The normalized spacial score (nSPS) is 17.4. The Balaban J connectivity index is 0.917. The Morgan fingerprint density at radius 1 is 0.548 bits per heavy atom. The first kappa shape index (κ1) is 36.2. The van der Waals surface area contributed by atoms with Gasteiger partial charge in [0, 0.05) is 56.1 Å². The van der Waals surface area contributed by atoms with Crippen LogP contribution in [-0.4, -0.2) is 15.0 Å². The van der Waals surface area contributed by atoms with Gasteiger partial charge < -0.3 is 8.83 Å². The van der Waals surface area contributed by atoms with Gasteiger partial charge in [-0.1, -0.05) is 166 Å². The maximum atomic E-state index is 6.74. The van der Waals surface area contributed by atoms with Crippen LogP contribution in [0.15, 0.2) is 191 Å². The first-order valence-electron chi connectivity index (χ1n) is 21.5. The lowest BCUT2D eigenvalue weighted by atomic mass is 9.83. The molecule has 2 aliphatic rings. The summed E-state index contributed by atoms with van der Waals surface area (Å²) in [7, 11) is 0. The minimum atomic E-state index is 0.0473. The van der Waals surface area contributed by atoms with Gasteiger partial charge in [-0.05, 0) is 64.4 Å². The summed E-state index contributed by atoms with van der Waals surface area (Å²) in [6, 6.07) is 55.1. The number of hydrogen-bond acceptors (Lipinski definition) is 5. The standard InChI is InChI=1S/C57H41N3O2/c1-34-29-45(53-43-17-9-11-19-50(43)61-52(53)30-34)37-23-21-36(22-24-37)40-26-28-47-46(32-40)54-44-18-10-12-20-51(44)62-56(54)55(58-47)41-25-27-42(35(2)31-41)49-33-48(38-13-5-3-6-14-38)59-57(60-49)39-15-7-4-8-16-39/h3-29,31-35,42H,30H2,1-2H3. The fourth-order valence-corrected chi connectivity index (χ4v) is 9.66. The maximum absolute atomic E-state index is 6.74. The van der Waals surface area contributed by atoms with E-state index < -0.39 is 0 Å². The van der Waals surface area contributed by atoms with Crippen molar-refractivity contribution in [2.24, 2.45) is 11.8 Å². The highest BCUT2D eigenvalue weighted by Gasteiger charge is 2.27. The summed E-state index contributed by atoms with van der Waals surface area (Å²) < 4.78 is 13.1. The second-order valence-corrected chi connectivity index (χ2v) is 16.8. The number of allylic oxidation sites excluding steroid dienone is 5. The summed E-state index contributed by atoms with van der Waals surface area (Å²) in [5, 5.41) is 4.42. The van der Waals surface area contributed by atoms with Crippen molar-refractivity contribution in [3.8, 4) is 33.8 Å². The zero-order chi connectivity index (χ0) is 41.3. The van der Waals surface area contributed by atoms with Crippen LogP contribution in [0.25, 0.3) is 88.7 Å².